The largest absolute Gasteiger partial charge is 0.507 e. The fourth-order valence-corrected chi connectivity index (χ4v) is 3.26. The second-order valence-electron chi connectivity index (χ2n) is 6.25. The SMILES string of the molecule is CCOC(=O)C1=C(C)OC(N)=C(C#N)C1c1ccc(-c2ccccc2O)cc1. The van der Waals surface area contributed by atoms with Crippen LogP contribution in [0.4, 0.5) is 0 Å². The van der Waals surface area contributed by atoms with Crippen molar-refractivity contribution in [3.05, 3.63) is 76.9 Å². The molecule has 0 spiro atoms. The summed E-state index contributed by atoms with van der Waals surface area (Å²) in [5.41, 5.74) is 8.50. The van der Waals surface area contributed by atoms with Gasteiger partial charge >= 0.3 is 5.97 Å². The fraction of sp³-hybridized carbons (Fsp3) is 0.182. The highest BCUT2D eigenvalue weighted by Crippen LogP contribution is 2.40. The number of phenols is 1. The number of nitrogens with zero attached hydrogens (tertiary/aromatic N) is 1. The molecule has 28 heavy (non-hydrogen) atoms. The van der Waals surface area contributed by atoms with Crippen molar-refractivity contribution in [2.24, 2.45) is 5.73 Å². The van der Waals surface area contributed by atoms with Crippen molar-refractivity contribution >= 4 is 5.97 Å². The van der Waals surface area contributed by atoms with E-state index in [1.54, 1.807) is 38.1 Å². The number of nitrogens with two attached hydrogens (primary N) is 1. The lowest BCUT2D eigenvalue weighted by atomic mass is 9.82. The van der Waals surface area contributed by atoms with Crippen LogP contribution in [0.2, 0.25) is 0 Å². The molecule has 1 atom stereocenters. The van der Waals surface area contributed by atoms with Gasteiger partial charge in [-0.05, 0) is 31.0 Å². The van der Waals surface area contributed by atoms with Crippen molar-refractivity contribution in [3.63, 3.8) is 0 Å². The summed E-state index contributed by atoms with van der Waals surface area (Å²) in [7, 11) is 0. The van der Waals surface area contributed by atoms with Gasteiger partial charge in [-0.25, -0.2) is 4.79 Å². The van der Waals surface area contributed by atoms with E-state index < -0.39 is 11.9 Å². The average molecular weight is 376 g/mol. The van der Waals surface area contributed by atoms with Crippen LogP contribution in [0.15, 0.2) is 71.3 Å². The molecule has 142 valence electrons. The number of phenolic OH excluding ortho intramolecular Hbond substituents is 1. The number of para-hydroxylation sites is 1. The third kappa shape index (κ3) is 3.42. The maximum Gasteiger partial charge on any atom is 0.338 e. The van der Waals surface area contributed by atoms with Crippen molar-refractivity contribution in [3.8, 4) is 22.9 Å². The minimum atomic E-state index is -0.684. The summed E-state index contributed by atoms with van der Waals surface area (Å²) in [6.07, 6.45) is 0. The predicted molar refractivity (Wildman–Crippen MR) is 104 cm³/mol. The van der Waals surface area contributed by atoms with E-state index >= 15 is 0 Å². The van der Waals surface area contributed by atoms with E-state index in [0.717, 1.165) is 5.56 Å². The molecular formula is C22H20N2O4. The van der Waals surface area contributed by atoms with E-state index in [-0.39, 0.29) is 29.4 Å². The molecule has 0 bridgehead atoms. The minimum Gasteiger partial charge on any atom is -0.507 e. The molecule has 3 N–H and O–H groups in total. The minimum absolute atomic E-state index is 0.0252. The second-order valence-corrected chi connectivity index (χ2v) is 6.25. The normalized spacial score (nSPS) is 16.4. The molecule has 0 aliphatic carbocycles. The Kier molecular flexibility index (Phi) is 5.37. The summed E-state index contributed by atoms with van der Waals surface area (Å²) in [5.74, 6) is -0.773. The molecule has 2 aromatic carbocycles. The summed E-state index contributed by atoms with van der Waals surface area (Å²) in [6.45, 7) is 3.54. The first-order valence-corrected chi connectivity index (χ1v) is 8.81. The number of ether oxygens (including phenoxy) is 2. The first kappa shape index (κ1) is 19.1. The lowest BCUT2D eigenvalue weighted by Gasteiger charge is -2.27. The zero-order chi connectivity index (χ0) is 20.3. The highest BCUT2D eigenvalue weighted by molar-refractivity contribution is 5.92. The van der Waals surface area contributed by atoms with Gasteiger partial charge in [0, 0.05) is 5.56 Å². The number of aromatic hydroxyl groups is 1. The molecule has 2 aromatic rings. The van der Waals surface area contributed by atoms with Crippen molar-refractivity contribution < 1.29 is 19.4 Å². The van der Waals surface area contributed by atoms with E-state index in [9.17, 15) is 15.2 Å². The number of rotatable bonds is 4. The van der Waals surface area contributed by atoms with E-state index in [1.807, 2.05) is 24.3 Å². The molecule has 0 saturated heterocycles. The van der Waals surface area contributed by atoms with Crippen molar-refractivity contribution in [2.75, 3.05) is 6.61 Å². The summed E-state index contributed by atoms with van der Waals surface area (Å²) in [4.78, 5) is 12.5. The molecule has 1 aliphatic rings. The molecule has 0 radical (unpaired) electrons. The van der Waals surface area contributed by atoms with Crippen molar-refractivity contribution in [1.29, 1.82) is 5.26 Å². The predicted octanol–water partition coefficient (Wildman–Crippen LogP) is 3.70. The number of esters is 1. The smallest absolute Gasteiger partial charge is 0.338 e. The zero-order valence-electron chi connectivity index (χ0n) is 15.6. The van der Waals surface area contributed by atoms with E-state index in [2.05, 4.69) is 6.07 Å². The van der Waals surface area contributed by atoms with Gasteiger partial charge in [0.05, 0.1) is 18.1 Å². The van der Waals surface area contributed by atoms with Crippen LogP contribution >= 0.6 is 0 Å². The monoisotopic (exact) mass is 376 g/mol. The van der Waals surface area contributed by atoms with Gasteiger partial charge in [-0.3, -0.25) is 0 Å². The molecule has 0 aromatic heterocycles. The maximum atomic E-state index is 12.5. The van der Waals surface area contributed by atoms with Crippen LogP contribution < -0.4 is 5.73 Å². The Labute approximate surface area is 163 Å². The van der Waals surface area contributed by atoms with Crippen LogP contribution in [0.3, 0.4) is 0 Å². The van der Waals surface area contributed by atoms with E-state index in [1.165, 1.54) is 0 Å². The number of hydrogen-bond acceptors (Lipinski definition) is 6. The molecule has 0 saturated carbocycles. The van der Waals surface area contributed by atoms with Gasteiger partial charge in [-0.2, -0.15) is 5.26 Å². The Balaban J connectivity index is 2.07. The zero-order valence-corrected chi connectivity index (χ0v) is 15.6. The number of nitriles is 1. The van der Waals surface area contributed by atoms with Gasteiger partial charge in [-0.15, -0.1) is 0 Å². The van der Waals surface area contributed by atoms with Gasteiger partial charge in [-0.1, -0.05) is 42.5 Å². The van der Waals surface area contributed by atoms with Crippen LogP contribution in [0.1, 0.15) is 25.3 Å². The average Bonchev–Trinajstić information content (AvgIpc) is 2.68. The number of benzene rings is 2. The number of hydrogen-bond donors (Lipinski definition) is 2. The molecule has 6 nitrogen and oxygen atoms in total. The third-order valence-electron chi connectivity index (χ3n) is 4.56. The van der Waals surface area contributed by atoms with Gasteiger partial charge < -0.3 is 20.3 Å². The van der Waals surface area contributed by atoms with Gasteiger partial charge in [0.15, 0.2) is 0 Å². The lowest BCUT2D eigenvalue weighted by Crippen LogP contribution is -2.25. The number of carbonyl (C=O) groups excluding carboxylic acids is 1. The second kappa shape index (κ2) is 7.89. The van der Waals surface area contributed by atoms with Crippen LogP contribution in [0.5, 0.6) is 5.75 Å². The Bertz CT molecular complexity index is 1010. The van der Waals surface area contributed by atoms with Crippen LogP contribution in [0.25, 0.3) is 11.1 Å². The number of carbonyl (C=O) groups is 1. The highest BCUT2D eigenvalue weighted by atomic mass is 16.5. The topological polar surface area (TPSA) is 106 Å². The van der Waals surface area contributed by atoms with Crippen LogP contribution in [-0.2, 0) is 14.3 Å². The standard InChI is InChI=1S/C22H20N2O4/c1-3-27-22(26)19-13(2)28-21(24)17(12-23)20(19)15-10-8-14(9-11-15)16-6-4-5-7-18(16)25/h4-11,20,25H,3,24H2,1-2H3. The summed E-state index contributed by atoms with van der Waals surface area (Å²) < 4.78 is 10.6. The Morgan fingerprint density at radius 3 is 2.54 bits per heavy atom. The molecule has 1 unspecified atom stereocenters. The first-order valence-electron chi connectivity index (χ1n) is 8.81. The van der Waals surface area contributed by atoms with Crippen LogP contribution in [-0.4, -0.2) is 17.7 Å². The Morgan fingerprint density at radius 2 is 1.93 bits per heavy atom. The number of allylic oxidation sites excluding steroid dienone is 2. The fourth-order valence-electron chi connectivity index (χ4n) is 3.26. The van der Waals surface area contributed by atoms with E-state index in [0.29, 0.717) is 16.9 Å². The van der Waals surface area contributed by atoms with Gasteiger partial charge in [0.1, 0.15) is 23.2 Å². The first-order chi connectivity index (χ1) is 13.5. The third-order valence-corrected chi connectivity index (χ3v) is 4.56. The van der Waals surface area contributed by atoms with Crippen molar-refractivity contribution in [2.45, 2.75) is 19.8 Å². The molecule has 6 heteroatoms. The Hall–Kier alpha value is -3.72. The summed E-state index contributed by atoms with van der Waals surface area (Å²) >= 11 is 0. The maximum absolute atomic E-state index is 12.5. The molecule has 0 amide bonds. The molecule has 1 aliphatic heterocycles. The Morgan fingerprint density at radius 1 is 1.25 bits per heavy atom. The summed E-state index contributed by atoms with van der Waals surface area (Å²) in [6, 6.07) is 16.3. The van der Waals surface area contributed by atoms with Crippen molar-refractivity contribution in [1.82, 2.24) is 0 Å². The molecular weight excluding hydrogens is 356 g/mol. The van der Waals surface area contributed by atoms with Crippen LogP contribution in [0, 0.1) is 11.3 Å². The molecule has 3 rings (SSSR count). The molecule has 1 heterocycles. The highest BCUT2D eigenvalue weighted by Gasteiger charge is 2.36. The summed E-state index contributed by atoms with van der Waals surface area (Å²) in [5, 5.41) is 19.7. The quantitative estimate of drug-likeness (QED) is 0.788. The lowest BCUT2D eigenvalue weighted by molar-refractivity contribution is -0.139. The molecule has 0 fully saturated rings. The van der Waals surface area contributed by atoms with E-state index in [4.69, 9.17) is 15.2 Å². The van der Waals surface area contributed by atoms with Gasteiger partial charge in [0.25, 0.3) is 0 Å². The van der Waals surface area contributed by atoms with Gasteiger partial charge in [0.2, 0.25) is 5.88 Å².